The molecule has 3 nitrogen and oxygen atoms in total. The maximum atomic E-state index is 11.1. The van der Waals surface area contributed by atoms with E-state index in [1.54, 1.807) is 4.90 Å². The van der Waals surface area contributed by atoms with Gasteiger partial charge in [-0.15, -0.1) is 0 Å². The summed E-state index contributed by atoms with van der Waals surface area (Å²) in [5, 5.41) is 8.33. The summed E-state index contributed by atoms with van der Waals surface area (Å²) < 4.78 is 0. The molecule has 0 aromatic heterocycles. The van der Waals surface area contributed by atoms with Crippen molar-refractivity contribution in [1.82, 2.24) is 4.90 Å². The molecule has 0 saturated carbocycles. The number of hydrogen-bond donors (Lipinski definition) is 1. The number of aliphatic hydroxyl groups is 1. The highest BCUT2D eigenvalue weighted by molar-refractivity contribution is 5.87. The molecule has 11 heavy (non-hydrogen) atoms. The highest BCUT2D eigenvalue weighted by Crippen LogP contribution is 2.14. The lowest BCUT2D eigenvalue weighted by atomic mass is 10.2. The Balaban J connectivity index is 2.43. The Kier molecular flexibility index (Phi) is 2.52. The number of amides is 1. The van der Waals surface area contributed by atoms with Crippen molar-refractivity contribution >= 4 is 5.91 Å². The molecule has 1 N–H and O–H groups in total. The highest BCUT2D eigenvalue weighted by Gasteiger charge is 2.21. The van der Waals surface area contributed by atoms with E-state index >= 15 is 0 Å². The second kappa shape index (κ2) is 3.42. The van der Waals surface area contributed by atoms with Gasteiger partial charge in [0.25, 0.3) is 0 Å². The molecule has 0 spiro atoms. The fourth-order valence-electron chi connectivity index (χ4n) is 1.30. The number of carbonyl (C=O) groups is 1. The van der Waals surface area contributed by atoms with Crippen molar-refractivity contribution in [2.45, 2.75) is 13.3 Å². The molecule has 1 saturated heterocycles. The summed E-state index contributed by atoms with van der Waals surface area (Å²) in [5.74, 6) is 0.517. The van der Waals surface area contributed by atoms with Gasteiger partial charge in [0, 0.05) is 19.2 Å². The van der Waals surface area contributed by atoms with Gasteiger partial charge in [-0.3, -0.25) is 4.79 Å². The van der Waals surface area contributed by atoms with Crippen molar-refractivity contribution in [3.8, 4) is 0 Å². The van der Waals surface area contributed by atoms with Crippen LogP contribution in [-0.2, 0) is 4.79 Å². The van der Waals surface area contributed by atoms with E-state index in [0.717, 1.165) is 25.8 Å². The van der Waals surface area contributed by atoms with Crippen LogP contribution < -0.4 is 0 Å². The normalized spacial score (nSPS) is 24.8. The van der Waals surface area contributed by atoms with Crippen LogP contribution in [0.2, 0.25) is 0 Å². The lowest BCUT2D eigenvalue weighted by Gasteiger charge is -2.11. The zero-order chi connectivity index (χ0) is 8.27. The molecule has 1 fully saturated rings. The Morgan fingerprint density at radius 1 is 1.73 bits per heavy atom. The van der Waals surface area contributed by atoms with Crippen LogP contribution in [0.3, 0.4) is 0 Å². The third kappa shape index (κ3) is 1.97. The second-order valence-electron chi connectivity index (χ2n) is 2.99. The summed E-state index contributed by atoms with van der Waals surface area (Å²) in [6.07, 6.45) is 3.06. The summed E-state index contributed by atoms with van der Waals surface area (Å²) in [6.45, 7) is 3.77. The molecule has 1 aliphatic heterocycles. The Morgan fingerprint density at radius 3 is 2.91 bits per heavy atom. The zero-order valence-electron chi connectivity index (χ0n) is 6.66. The molecule has 0 aliphatic carbocycles. The SMILES string of the molecule is C[C@@H]1CCN(C(=O)/C=C/O)C1. The minimum absolute atomic E-state index is 0.0862. The molecule has 1 atom stereocenters. The van der Waals surface area contributed by atoms with Crippen LogP contribution in [-0.4, -0.2) is 29.0 Å². The number of aliphatic hydroxyl groups excluding tert-OH is 1. The van der Waals surface area contributed by atoms with Crippen LogP contribution in [0.1, 0.15) is 13.3 Å². The quantitative estimate of drug-likeness (QED) is 0.452. The molecule has 1 heterocycles. The third-order valence-corrected chi connectivity index (χ3v) is 1.95. The van der Waals surface area contributed by atoms with E-state index in [1.165, 1.54) is 6.08 Å². The van der Waals surface area contributed by atoms with Crippen LogP contribution in [0.4, 0.5) is 0 Å². The summed E-state index contributed by atoms with van der Waals surface area (Å²) in [4.78, 5) is 12.8. The van der Waals surface area contributed by atoms with Crippen LogP contribution in [0.15, 0.2) is 12.3 Å². The predicted octanol–water partition coefficient (Wildman–Crippen LogP) is 0.926. The molecule has 1 aliphatic rings. The van der Waals surface area contributed by atoms with Gasteiger partial charge in [-0.2, -0.15) is 0 Å². The largest absolute Gasteiger partial charge is 0.515 e. The van der Waals surface area contributed by atoms with Crippen LogP contribution in [0.25, 0.3) is 0 Å². The van der Waals surface area contributed by atoms with Gasteiger partial charge < -0.3 is 10.0 Å². The smallest absolute Gasteiger partial charge is 0.249 e. The van der Waals surface area contributed by atoms with Gasteiger partial charge in [-0.25, -0.2) is 0 Å². The molecular weight excluding hydrogens is 142 g/mol. The Bertz CT molecular complexity index is 177. The molecule has 3 heteroatoms. The van der Waals surface area contributed by atoms with Crippen molar-refractivity contribution in [3.05, 3.63) is 12.3 Å². The van der Waals surface area contributed by atoms with Gasteiger partial charge in [0.15, 0.2) is 0 Å². The van der Waals surface area contributed by atoms with Crippen LogP contribution >= 0.6 is 0 Å². The van der Waals surface area contributed by atoms with E-state index in [4.69, 9.17) is 5.11 Å². The summed E-state index contributed by atoms with van der Waals surface area (Å²) in [5.41, 5.74) is 0. The van der Waals surface area contributed by atoms with Crippen molar-refractivity contribution in [2.75, 3.05) is 13.1 Å². The first-order chi connectivity index (χ1) is 5.24. The summed E-state index contributed by atoms with van der Waals surface area (Å²) in [6, 6.07) is 0. The maximum absolute atomic E-state index is 11.1. The first-order valence-electron chi connectivity index (χ1n) is 3.83. The van der Waals surface area contributed by atoms with E-state index in [-0.39, 0.29) is 5.91 Å². The Hall–Kier alpha value is -0.990. The molecule has 0 aromatic carbocycles. The maximum Gasteiger partial charge on any atom is 0.249 e. The van der Waals surface area contributed by atoms with E-state index in [2.05, 4.69) is 6.92 Å². The van der Waals surface area contributed by atoms with Gasteiger partial charge >= 0.3 is 0 Å². The minimum atomic E-state index is -0.0862. The fraction of sp³-hybridized carbons (Fsp3) is 0.625. The third-order valence-electron chi connectivity index (χ3n) is 1.95. The topological polar surface area (TPSA) is 40.5 Å². The van der Waals surface area contributed by atoms with Gasteiger partial charge in [0.05, 0.1) is 6.26 Å². The minimum Gasteiger partial charge on any atom is -0.515 e. The van der Waals surface area contributed by atoms with Crippen LogP contribution in [0.5, 0.6) is 0 Å². The average molecular weight is 155 g/mol. The fourth-order valence-corrected chi connectivity index (χ4v) is 1.30. The molecule has 0 unspecified atom stereocenters. The molecule has 62 valence electrons. The first-order valence-corrected chi connectivity index (χ1v) is 3.83. The van der Waals surface area contributed by atoms with Gasteiger partial charge in [-0.05, 0) is 12.3 Å². The molecular formula is C8H13NO2. The van der Waals surface area contributed by atoms with Crippen molar-refractivity contribution in [2.24, 2.45) is 5.92 Å². The number of likely N-dealkylation sites (tertiary alicyclic amines) is 1. The molecule has 0 aromatic rings. The average Bonchev–Trinajstić information content (AvgIpc) is 2.36. The number of carbonyl (C=O) groups excluding carboxylic acids is 1. The standard InChI is InChI=1S/C8H13NO2/c1-7-2-4-9(6-7)8(11)3-5-10/h3,5,7,10H,2,4,6H2,1H3/b5-3+/t7-/m1/s1. The molecule has 0 radical (unpaired) electrons. The summed E-state index contributed by atoms with van der Waals surface area (Å²) in [7, 11) is 0. The van der Waals surface area contributed by atoms with E-state index in [9.17, 15) is 4.79 Å². The lowest BCUT2D eigenvalue weighted by Crippen LogP contribution is -2.26. The van der Waals surface area contributed by atoms with E-state index in [1.807, 2.05) is 0 Å². The number of rotatable bonds is 1. The van der Waals surface area contributed by atoms with Gasteiger partial charge in [0.2, 0.25) is 5.91 Å². The van der Waals surface area contributed by atoms with E-state index < -0.39 is 0 Å². The van der Waals surface area contributed by atoms with Gasteiger partial charge in [0.1, 0.15) is 0 Å². The van der Waals surface area contributed by atoms with Crippen molar-refractivity contribution in [1.29, 1.82) is 0 Å². The number of hydrogen-bond acceptors (Lipinski definition) is 2. The monoisotopic (exact) mass is 155 g/mol. The lowest BCUT2D eigenvalue weighted by molar-refractivity contribution is -0.125. The first kappa shape index (κ1) is 8.11. The molecule has 1 amide bonds. The predicted molar refractivity (Wildman–Crippen MR) is 42.1 cm³/mol. The van der Waals surface area contributed by atoms with Crippen LogP contribution in [0, 0.1) is 5.92 Å². The van der Waals surface area contributed by atoms with Crippen molar-refractivity contribution in [3.63, 3.8) is 0 Å². The molecule has 0 bridgehead atoms. The number of nitrogens with zero attached hydrogens (tertiary/aromatic N) is 1. The highest BCUT2D eigenvalue weighted by atomic mass is 16.2. The van der Waals surface area contributed by atoms with Crippen molar-refractivity contribution < 1.29 is 9.90 Å². The van der Waals surface area contributed by atoms with E-state index in [0.29, 0.717) is 5.92 Å². The summed E-state index contributed by atoms with van der Waals surface area (Å²) >= 11 is 0. The zero-order valence-corrected chi connectivity index (χ0v) is 6.66. The Morgan fingerprint density at radius 2 is 2.45 bits per heavy atom. The molecule has 1 rings (SSSR count). The Labute approximate surface area is 66.3 Å². The van der Waals surface area contributed by atoms with Gasteiger partial charge in [-0.1, -0.05) is 6.92 Å². The second-order valence-corrected chi connectivity index (χ2v) is 2.99.